The highest BCUT2D eigenvalue weighted by Crippen LogP contribution is 1.99. The van der Waals surface area contributed by atoms with E-state index in [-0.39, 0.29) is 18.0 Å². The number of amides is 1. The van der Waals surface area contributed by atoms with Crippen LogP contribution < -0.4 is 10.6 Å². The summed E-state index contributed by atoms with van der Waals surface area (Å²) in [7, 11) is 0. The minimum Gasteiger partial charge on any atom is -0.308 e. The largest absolute Gasteiger partial charge is 0.308 e. The van der Waals surface area contributed by atoms with E-state index < -0.39 is 0 Å². The molecule has 0 atom stereocenters. The molecule has 1 heterocycles. The van der Waals surface area contributed by atoms with Crippen LogP contribution in [0.2, 0.25) is 0 Å². The van der Waals surface area contributed by atoms with Crippen molar-refractivity contribution in [3.8, 4) is 0 Å². The molecule has 0 aliphatic heterocycles. The SMILES string of the molecule is CC(C)(C)NCC(=O)Nc1cccnn1. The van der Waals surface area contributed by atoms with Crippen LogP contribution in [0.5, 0.6) is 0 Å². The monoisotopic (exact) mass is 208 g/mol. The Bertz CT molecular complexity index is 318. The molecule has 0 radical (unpaired) electrons. The molecule has 2 N–H and O–H groups in total. The first kappa shape index (κ1) is 11.6. The van der Waals surface area contributed by atoms with Gasteiger partial charge < -0.3 is 10.6 Å². The maximum atomic E-state index is 11.4. The quantitative estimate of drug-likeness (QED) is 0.771. The Morgan fingerprint density at radius 1 is 1.47 bits per heavy atom. The van der Waals surface area contributed by atoms with Crippen LogP contribution in [0, 0.1) is 0 Å². The van der Waals surface area contributed by atoms with Crippen LogP contribution in [0.4, 0.5) is 5.82 Å². The van der Waals surface area contributed by atoms with Gasteiger partial charge in [-0.15, -0.1) is 5.10 Å². The predicted molar refractivity (Wildman–Crippen MR) is 58.4 cm³/mol. The van der Waals surface area contributed by atoms with Crippen molar-refractivity contribution in [1.82, 2.24) is 15.5 Å². The summed E-state index contributed by atoms with van der Waals surface area (Å²) in [6, 6.07) is 3.42. The number of hydrogen-bond acceptors (Lipinski definition) is 4. The van der Waals surface area contributed by atoms with Gasteiger partial charge in [-0.25, -0.2) is 0 Å². The second kappa shape index (κ2) is 4.84. The first-order chi connectivity index (χ1) is 6.97. The van der Waals surface area contributed by atoms with E-state index in [0.717, 1.165) is 0 Å². The second-order valence-electron chi connectivity index (χ2n) is 4.26. The number of carbonyl (C=O) groups is 1. The molecule has 1 amide bonds. The summed E-state index contributed by atoms with van der Waals surface area (Å²) < 4.78 is 0. The highest BCUT2D eigenvalue weighted by atomic mass is 16.2. The van der Waals surface area contributed by atoms with Crippen LogP contribution >= 0.6 is 0 Å². The lowest BCUT2D eigenvalue weighted by atomic mass is 10.1. The third-order valence-corrected chi connectivity index (χ3v) is 1.62. The number of rotatable bonds is 3. The summed E-state index contributed by atoms with van der Waals surface area (Å²) in [4.78, 5) is 11.4. The number of nitrogens with zero attached hydrogens (tertiary/aromatic N) is 2. The van der Waals surface area contributed by atoms with Crippen LogP contribution in [-0.2, 0) is 4.79 Å². The predicted octanol–water partition coefficient (Wildman–Crippen LogP) is 0.803. The number of anilines is 1. The van der Waals surface area contributed by atoms with E-state index in [1.807, 2.05) is 20.8 Å². The maximum absolute atomic E-state index is 11.4. The Morgan fingerprint density at radius 2 is 2.20 bits per heavy atom. The van der Waals surface area contributed by atoms with E-state index >= 15 is 0 Å². The standard InChI is InChI=1S/C10H16N4O/c1-10(2,3)11-7-9(15)13-8-5-4-6-12-14-8/h4-6,11H,7H2,1-3H3,(H,13,14,15). The summed E-state index contributed by atoms with van der Waals surface area (Å²) in [6.07, 6.45) is 1.56. The molecular weight excluding hydrogens is 192 g/mol. The van der Waals surface area contributed by atoms with Gasteiger partial charge in [0.1, 0.15) is 0 Å². The van der Waals surface area contributed by atoms with Gasteiger partial charge >= 0.3 is 0 Å². The number of carbonyl (C=O) groups excluding carboxylic acids is 1. The van der Waals surface area contributed by atoms with Gasteiger partial charge in [-0.1, -0.05) is 0 Å². The topological polar surface area (TPSA) is 66.9 Å². The summed E-state index contributed by atoms with van der Waals surface area (Å²) in [5.41, 5.74) is -0.0697. The lowest BCUT2D eigenvalue weighted by Gasteiger charge is -2.19. The Labute approximate surface area is 89.3 Å². The molecule has 1 rings (SSSR count). The molecule has 0 bridgehead atoms. The Hall–Kier alpha value is -1.49. The second-order valence-corrected chi connectivity index (χ2v) is 4.26. The average molecular weight is 208 g/mol. The molecule has 0 fully saturated rings. The van der Waals surface area contributed by atoms with Crippen molar-refractivity contribution in [2.24, 2.45) is 0 Å². The summed E-state index contributed by atoms with van der Waals surface area (Å²) in [5, 5.41) is 13.1. The molecule has 5 heteroatoms. The zero-order valence-electron chi connectivity index (χ0n) is 9.24. The molecule has 0 aliphatic carbocycles. The lowest BCUT2D eigenvalue weighted by Crippen LogP contribution is -2.41. The minimum atomic E-state index is -0.120. The fraction of sp³-hybridized carbons (Fsp3) is 0.500. The number of aromatic nitrogens is 2. The van der Waals surface area contributed by atoms with Gasteiger partial charge in [0.15, 0.2) is 5.82 Å². The van der Waals surface area contributed by atoms with Gasteiger partial charge in [0.25, 0.3) is 0 Å². The van der Waals surface area contributed by atoms with Crippen LogP contribution in [0.1, 0.15) is 20.8 Å². The van der Waals surface area contributed by atoms with E-state index in [2.05, 4.69) is 20.8 Å². The van der Waals surface area contributed by atoms with Gasteiger partial charge in [-0.2, -0.15) is 5.10 Å². The number of nitrogens with one attached hydrogen (secondary N) is 2. The van der Waals surface area contributed by atoms with Crippen molar-refractivity contribution in [1.29, 1.82) is 0 Å². The molecule has 0 aliphatic rings. The maximum Gasteiger partial charge on any atom is 0.239 e. The Morgan fingerprint density at radius 3 is 2.73 bits per heavy atom. The first-order valence-corrected chi connectivity index (χ1v) is 4.80. The van der Waals surface area contributed by atoms with Gasteiger partial charge in [-0.05, 0) is 32.9 Å². The van der Waals surface area contributed by atoms with E-state index in [1.165, 1.54) is 0 Å². The molecule has 5 nitrogen and oxygen atoms in total. The van der Waals surface area contributed by atoms with E-state index in [1.54, 1.807) is 18.3 Å². The molecule has 1 aromatic rings. The van der Waals surface area contributed by atoms with Crippen molar-refractivity contribution in [2.75, 3.05) is 11.9 Å². The highest BCUT2D eigenvalue weighted by Gasteiger charge is 2.11. The van der Waals surface area contributed by atoms with Crippen molar-refractivity contribution < 1.29 is 4.79 Å². The fourth-order valence-corrected chi connectivity index (χ4v) is 0.901. The van der Waals surface area contributed by atoms with Crippen LogP contribution in [0.25, 0.3) is 0 Å². The summed E-state index contributed by atoms with van der Waals surface area (Å²) >= 11 is 0. The molecule has 0 aromatic carbocycles. The molecule has 0 unspecified atom stereocenters. The third kappa shape index (κ3) is 5.07. The smallest absolute Gasteiger partial charge is 0.239 e. The molecule has 0 spiro atoms. The van der Waals surface area contributed by atoms with Crippen LogP contribution in [0.15, 0.2) is 18.3 Å². The highest BCUT2D eigenvalue weighted by molar-refractivity contribution is 5.91. The Balaban J connectivity index is 2.38. The molecule has 0 saturated heterocycles. The van der Waals surface area contributed by atoms with E-state index in [4.69, 9.17) is 0 Å². The van der Waals surface area contributed by atoms with Crippen molar-refractivity contribution >= 4 is 11.7 Å². The molecule has 1 aromatic heterocycles. The zero-order valence-corrected chi connectivity index (χ0v) is 9.24. The van der Waals surface area contributed by atoms with Gasteiger partial charge in [0, 0.05) is 11.7 Å². The molecular formula is C10H16N4O. The van der Waals surface area contributed by atoms with E-state index in [0.29, 0.717) is 5.82 Å². The molecule has 82 valence electrons. The Kier molecular flexibility index (Phi) is 3.74. The summed E-state index contributed by atoms with van der Waals surface area (Å²) in [5.74, 6) is 0.351. The summed E-state index contributed by atoms with van der Waals surface area (Å²) in [6.45, 7) is 6.27. The lowest BCUT2D eigenvalue weighted by molar-refractivity contribution is -0.115. The van der Waals surface area contributed by atoms with Crippen molar-refractivity contribution in [2.45, 2.75) is 26.3 Å². The van der Waals surface area contributed by atoms with Gasteiger partial charge in [-0.3, -0.25) is 4.79 Å². The van der Waals surface area contributed by atoms with Crippen molar-refractivity contribution in [3.05, 3.63) is 18.3 Å². The van der Waals surface area contributed by atoms with Crippen LogP contribution in [0.3, 0.4) is 0 Å². The third-order valence-electron chi connectivity index (χ3n) is 1.62. The number of hydrogen-bond donors (Lipinski definition) is 2. The van der Waals surface area contributed by atoms with E-state index in [9.17, 15) is 4.79 Å². The molecule has 0 saturated carbocycles. The zero-order chi connectivity index (χ0) is 11.3. The first-order valence-electron chi connectivity index (χ1n) is 4.80. The van der Waals surface area contributed by atoms with Crippen LogP contribution in [-0.4, -0.2) is 28.2 Å². The normalized spacial score (nSPS) is 11.1. The van der Waals surface area contributed by atoms with Gasteiger partial charge in [0.05, 0.1) is 6.54 Å². The average Bonchev–Trinajstić information content (AvgIpc) is 2.15. The fourth-order valence-electron chi connectivity index (χ4n) is 0.901. The van der Waals surface area contributed by atoms with Gasteiger partial charge in [0.2, 0.25) is 5.91 Å². The van der Waals surface area contributed by atoms with Crippen molar-refractivity contribution in [3.63, 3.8) is 0 Å². The minimum absolute atomic E-state index is 0.0697. The molecule has 15 heavy (non-hydrogen) atoms.